The van der Waals surface area contributed by atoms with Crippen LogP contribution in [0.25, 0.3) is 0 Å². The van der Waals surface area contributed by atoms with Crippen molar-refractivity contribution in [1.82, 2.24) is 10.7 Å². The molecule has 0 spiro atoms. The summed E-state index contributed by atoms with van der Waals surface area (Å²) >= 11 is 0. The van der Waals surface area contributed by atoms with Crippen LogP contribution in [0.3, 0.4) is 0 Å². The van der Waals surface area contributed by atoms with Crippen LogP contribution in [0.5, 0.6) is 17.2 Å². The monoisotopic (exact) mass is 645 g/mol. The number of amides is 2. The summed E-state index contributed by atoms with van der Waals surface area (Å²) in [6.07, 6.45) is 0.731. The largest absolute Gasteiger partial charge is 0.507 e. The van der Waals surface area contributed by atoms with Gasteiger partial charge in [0.05, 0.1) is 36.1 Å². The molecule has 2 aliphatic rings. The van der Waals surface area contributed by atoms with Crippen LogP contribution in [-0.4, -0.2) is 86.8 Å². The zero-order valence-corrected chi connectivity index (χ0v) is 25.5. The first-order valence-electron chi connectivity index (χ1n) is 13.6. The lowest BCUT2D eigenvalue weighted by atomic mass is 9.74. The number of aromatic hydroxyl groups is 2. The molecule has 0 aliphatic heterocycles. The van der Waals surface area contributed by atoms with Crippen LogP contribution in [0.4, 0.5) is 0 Å². The third-order valence-corrected chi connectivity index (χ3v) is 9.80. The first kappa shape index (κ1) is 32.8. The number of nitrogens with zero attached hydrogens (tertiary/aromatic N) is 1. The molecule has 0 radical (unpaired) electrons. The Morgan fingerprint density at radius 2 is 1.77 bits per heavy atom. The van der Waals surface area contributed by atoms with Gasteiger partial charge in [-0.1, -0.05) is 33.7 Å². The van der Waals surface area contributed by atoms with E-state index in [9.17, 15) is 39.3 Å². The van der Waals surface area contributed by atoms with E-state index in [4.69, 9.17) is 9.84 Å². The van der Waals surface area contributed by atoms with E-state index in [-0.39, 0.29) is 70.0 Å². The molecule has 13 nitrogen and oxygen atoms in total. The summed E-state index contributed by atoms with van der Waals surface area (Å²) in [5.74, 6) is -3.90. The van der Waals surface area contributed by atoms with Crippen LogP contribution in [-0.2, 0) is 27.2 Å². The van der Waals surface area contributed by atoms with Crippen molar-refractivity contribution >= 4 is 56.6 Å². The number of aliphatic hydroxyl groups excluding tert-OH is 1. The number of carboxylic acid groups (broad SMARTS) is 1. The second-order valence-corrected chi connectivity index (χ2v) is 12.8. The van der Waals surface area contributed by atoms with Crippen molar-refractivity contribution < 1.29 is 49.1 Å². The van der Waals surface area contributed by atoms with Gasteiger partial charge in [-0.2, -0.15) is 5.10 Å². The number of fused-ring (bicyclic) bond motifs is 3. The number of methoxy groups -OCH3 is 1. The molecule has 0 aromatic heterocycles. The minimum atomic E-state index is -1.16. The van der Waals surface area contributed by atoms with Crippen LogP contribution < -0.4 is 15.5 Å². The fourth-order valence-corrected chi connectivity index (χ4v) is 7.41. The highest BCUT2D eigenvalue weighted by Gasteiger charge is 2.40. The van der Waals surface area contributed by atoms with Gasteiger partial charge in [0, 0.05) is 47.5 Å². The van der Waals surface area contributed by atoms with Crippen molar-refractivity contribution in [2.75, 3.05) is 25.2 Å². The molecule has 6 N–H and O–H groups in total. The number of phenols is 2. The molecule has 44 heavy (non-hydrogen) atoms. The van der Waals surface area contributed by atoms with Crippen molar-refractivity contribution in [2.24, 2.45) is 11.0 Å². The maximum absolute atomic E-state index is 13.4. The smallest absolute Gasteiger partial charge is 0.327 e. The number of hydrogen-bond donors (Lipinski definition) is 6. The molecular weight excluding hydrogens is 614 g/mol. The summed E-state index contributed by atoms with van der Waals surface area (Å²) in [5, 5.41) is 47.9. The Bertz CT molecular complexity index is 1560. The lowest BCUT2D eigenvalue weighted by Gasteiger charge is -2.30. The minimum absolute atomic E-state index is 0.0210. The predicted octanol–water partition coefficient (Wildman–Crippen LogP) is 1.81. The topological polar surface area (TPSA) is 212 Å². The molecule has 234 valence electrons. The van der Waals surface area contributed by atoms with Crippen LogP contribution in [0.1, 0.15) is 62.7 Å². The molecule has 2 atom stereocenters. The molecule has 0 fully saturated rings. The first-order valence-corrected chi connectivity index (χ1v) is 16.0. The zero-order valence-electron chi connectivity index (χ0n) is 23.8. The number of ether oxygens (including phenoxy) is 1. The van der Waals surface area contributed by atoms with Gasteiger partial charge in [-0.3, -0.25) is 19.2 Å². The third kappa shape index (κ3) is 6.69. The second kappa shape index (κ2) is 14.1. The number of aliphatic hydroxyl groups is 1. The third-order valence-electron chi connectivity index (χ3n) is 7.39. The fraction of sp³-hybridized carbons (Fsp3) is 0.379. The first-order chi connectivity index (χ1) is 21.0. The predicted molar refractivity (Wildman–Crippen MR) is 163 cm³/mol. The fourth-order valence-electron chi connectivity index (χ4n) is 5.27. The molecule has 0 unspecified atom stereocenters. The molecule has 0 bridgehead atoms. The van der Waals surface area contributed by atoms with E-state index in [0.717, 1.165) is 0 Å². The highest BCUT2D eigenvalue weighted by Crippen LogP contribution is 2.47. The number of nitrogens with one attached hydrogen (secondary N) is 2. The van der Waals surface area contributed by atoms with E-state index in [2.05, 4.69) is 15.8 Å². The minimum Gasteiger partial charge on any atom is -0.507 e. The maximum Gasteiger partial charge on any atom is 0.327 e. The number of carbonyl (C=O) groups excluding carboxylic acids is 4. The summed E-state index contributed by atoms with van der Waals surface area (Å²) in [6, 6.07) is 3.50. The number of benzene rings is 2. The van der Waals surface area contributed by atoms with Crippen molar-refractivity contribution in [2.45, 2.75) is 38.6 Å². The van der Waals surface area contributed by atoms with Crippen molar-refractivity contribution in [1.29, 1.82) is 0 Å². The average Bonchev–Trinajstić information content (AvgIpc) is 3.00. The van der Waals surface area contributed by atoms with E-state index in [1.807, 2.05) is 0 Å². The highest BCUT2D eigenvalue weighted by molar-refractivity contribution is 8.76. The maximum atomic E-state index is 13.4. The Labute approximate surface area is 259 Å². The number of hydrogen-bond acceptors (Lipinski definition) is 12. The number of rotatable bonds is 12. The highest BCUT2D eigenvalue weighted by atomic mass is 33.1. The Kier molecular flexibility index (Phi) is 10.5. The average molecular weight is 646 g/mol. The molecule has 0 saturated carbocycles. The van der Waals surface area contributed by atoms with Gasteiger partial charge < -0.3 is 30.5 Å². The number of ketones is 2. The van der Waals surface area contributed by atoms with Gasteiger partial charge in [-0.15, -0.1) is 0 Å². The molecule has 0 saturated heterocycles. The van der Waals surface area contributed by atoms with E-state index < -0.39 is 53.7 Å². The Hall–Kier alpha value is -4.08. The van der Waals surface area contributed by atoms with Gasteiger partial charge in [0.15, 0.2) is 5.78 Å². The Morgan fingerprint density at radius 3 is 2.43 bits per heavy atom. The van der Waals surface area contributed by atoms with Gasteiger partial charge in [0.25, 0.3) is 0 Å². The summed E-state index contributed by atoms with van der Waals surface area (Å²) in [4.78, 5) is 61.5. The van der Waals surface area contributed by atoms with Gasteiger partial charge in [0.2, 0.25) is 17.6 Å². The standard InChI is InChI=1S/C29H31N3O10S2/c1-13(34)30-19(29(40)41)12-44-43-9-8-21(35)32-31-18(11-33)14-6-7-15-17(10-14)27(38)23-24(25(15)36)28(39)22-16(26(23)37)4-3-5-20(22)42-2/h3-5,14,19,33,36,38H,6-12H2,1-2H3,(H,30,34)(H,32,35)(H,40,41)/b31-18+/t14-,19-/m0/s1. The normalized spacial score (nSPS) is 16.3. The molecule has 0 heterocycles. The Balaban J connectivity index is 1.43. The molecule has 2 amide bonds. The van der Waals surface area contributed by atoms with Crippen molar-refractivity contribution in [3.8, 4) is 17.2 Å². The number of carbonyl (C=O) groups is 5. The summed E-state index contributed by atoms with van der Waals surface area (Å²) in [6.45, 7) is 0.734. The van der Waals surface area contributed by atoms with Crippen LogP contribution in [0.15, 0.2) is 23.3 Å². The van der Waals surface area contributed by atoms with Crippen LogP contribution in [0.2, 0.25) is 0 Å². The molecule has 15 heteroatoms. The molecular formula is C29H31N3O10S2. The summed E-state index contributed by atoms with van der Waals surface area (Å²) in [5.41, 5.74) is 2.75. The quantitative estimate of drug-likeness (QED) is 0.0547. The molecule has 2 aromatic rings. The van der Waals surface area contributed by atoms with Gasteiger partial charge >= 0.3 is 5.97 Å². The molecule has 4 rings (SSSR count). The van der Waals surface area contributed by atoms with E-state index in [0.29, 0.717) is 17.7 Å². The number of aliphatic carboxylic acids is 1. The second-order valence-electron chi connectivity index (χ2n) is 10.1. The summed E-state index contributed by atoms with van der Waals surface area (Å²) in [7, 11) is 3.82. The zero-order chi connectivity index (χ0) is 32.1. The number of phenolic OH excluding ortho intramolecular Hbond substituents is 2. The summed E-state index contributed by atoms with van der Waals surface area (Å²) < 4.78 is 5.26. The van der Waals surface area contributed by atoms with Crippen LogP contribution in [0, 0.1) is 5.92 Å². The lowest BCUT2D eigenvalue weighted by molar-refractivity contribution is -0.140. The number of hydrazone groups is 1. The van der Waals surface area contributed by atoms with Crippen molar-refractivity contribution in [3.63, 3.8) is 0 Å². The van der Waals surface area contributed by atoms with Gasteiger partial charge in [0.1, 0.15) is 23.3 Å². The lowest BCUT2D eigenvalue weighted by Crippen LogP contribution is -2.41. The van der Waals surface area contributed by atoms with E-state index in [1.165, 1.54) is 47.8 Å². The van der Waals surface area contributed by atoms with Crippen LogP contribution >= 0.6 is 21.6 Å². The van der Waals surface area contributed by atoms with Crippen molar-refractivity contribution in [3.05, 3.63) is 51.6 Å². The van der Waals surface area contributed by atoms with E-state index in [1.54, 1.807) is 6.07 Å². The van der Waals surface area contributed by atoms with Gasteiger partial charge in [-0.05, 0) is 25.3 Å². The number of carboxylic acids is 1. The molecule has 2 aliphatic carbocycles. The van der Waals surface area contributed by atoms with E-state index >= 15 is 0 Å². The van der Waals surface area contributed by atoms with Gasteiger partial charge in [-0.25, -0.2) is 10.2 Å². The Morgan fingerprint density at radius 1 is 1.07 bits per heavy atom. The SMILES string of the molecule is COc1cccc2c1C(=O)c1c(O)c3c(c(O)c1C2=O)C[C@@H](/C(CO)=N/NC(=O)CCSSC[C@H](NC(C)=O)C(=O)O)CC3. The molecule has 2 aromatic carbocycles.